The Balaban J connectivity index is 3.11. The number of nitrogens with zero attached hydrogens (tertiary/aromatic N) is 3. The van der Waals surface area contributed by atoms with Gasteiger partial charge in [0.2, 0.25) is 0 Å². The van der Waals surface area contributed by atoms with E-state index < -0.39 is 12.7 Å². The zero-order valence-electron chi connectivity index (χ0n) is 11.1. The Kier molecular flexibility index (Phi) is 4.61. The van der Waals surface area contributed by atoms with Gasteiger partial charge in [0.25, 0.3) is 0 Å². The fraction of sp³-hybridized carbons (Fsp3) is 0.727. The first-order valence-electron chi connectivity index (χ1n) is 5.79. The Morgan fingerprint density at radius 1 is 1.39 bits per heavy atom. The van der Waals surface area contributed by atoms with Crippen LogP contribution in [0.1, 0.15) is 18.2 Å². The molecule has 1 heterocycles. The highest BCUT2D eigenvalue weighted by Gasteiger charge is 2.32. The second kappa shape index (κ2) is 5.60. The van der Waals surface area contributed by atoms with E-state index in [1.165, 1.54) is 9.58 Å². The predicted molar refractivity (Wildman–Crippen MR) is 64.7 cm³/mol. The predicted octanol–water partition coefficient (Wildman–Crippen LogP) is 1.84. The minimum absolute atomic E-state index is 0.287. The van der Waals surface area contributed by atoms with Crippen molar-refractivity contribution in [3.05, 3.63) is 11.3 Å². The molecule has 1 rings (SSSR count). The molecule has 0 saturated heterocycles. The number of rotatable bonds is 5. The van der Waals surface area contributed by atoms with E-state index in [2.05, 4.69) is 10.4 Å². The highest BCUT2D eigenvalue weighted by molar-refractivity contribution is 5.50. The van der Waals surface area contributed by atoms with Crippen molar-refractivity contribution in [2.75, 3.05) is 25.0 Å². The summed E-state index contributed by atoms with van der Waals surface area (Å²) in [5, 5.41) is 7.16. The molecule has 1 aromatic rings. The number of hydrogen-bond donors (Lipinski definition) is 1. The van der Waals surface area contributed by atoms with Gasteiger partial charge in [-0.25, -0.2) is 0 Å². The number of halogens is 3. The van der Waals surface area contributed by atoms with Crippen LogP contribution in [0.2, 0.25) is 0 Å². The van der Waals surface area contributed by atoms with Crippen LogP contribution in [0.3, 0.4) is 0 Å². The average Bonchev–Trinajstić information content (AvgIpc) is 2.50. The van der Waals surface area contributed by atoms with Gasteiger partial charge >= 0.3 is 6.18 Å². The number of hydrogen-bond acceptors (Lipinski definition) is 3. The van der Waals surface area contributed by atoms with Crippen molar-refractivity contribution in [2.24, 2.45) is 7.05 Å². The molecule has 4 nitrogen and oxygen atoms in total. The number of aromatic nitrogens is 2. The van der Waals surface area contributed by atoms with E-state index in [0.29, 0.717) is 12.4 Å². The molecule has 0 amide bonds. The van der Waals surface area contributed by atoms with Gasteiger partial charge < -0.3 is 10.2 Å². The van der Waals surface area contributed by atoms with Gasteiger partial charge in [-0.15, -0.1) is 0 Å². The van der Waals surface area contributed by atoms with Crippen molar-refractivity contribution < 1.29 is 13.2 Å². The van der Waals surface area contributed by atoms with Crippen LogP contribution < -0.4 is 10.2 Å². The zero-order valence-corrected chi connectivity index (χ0v) is 11.1. The summed E-state index contributed by atoms with van der Waals surface area (Å²) in [6.07, 6.45) is -4.22. The first-order chi connectivity index (χ1) is 8.30. The molecule has 0 radical (unpaired) electrons. The fourth-order valence-corrected chi connectivity index (χ4v) is 2.02. The summed E-state index contributed by atoms with van der Waals surface area (Å²) >= 11 is 0. The van der Waals surface area contributed by atoms with E-state index in [1.54, 1.807) is 27.9 Å². The molecule has 1 N–H and O–H groups in total. The maximum Gasteiger partial charge on any atom is 0.405 e. The lowest BCUT2D eigenvalue weighted by Gasteiger charge is -2.25. The molecule has 0 aliphatic heterocycles. The van der Waals surface area contributed by atoms with Gasteiger partial charge in [-0.05, 0) is 20.9 Å². The Hall–Kier alpha value is -1.24. The molecule has 0 aromatic carbocycles. The maximum absolute atomic E-state index is 12.5. The van der Waals surface area contributed by atoms with Crippen LogP contribution in [0.15, 0.2) is 0 Å². The number of alkyl halides is 3. The van der Waals surface area contributed by atoms with Crippen molar-refractivity contribution in [3.63, 3.8) is 0 Å². The van der Waals surface area contributed by atoms with E-state index in [4.69, 9.17) is 0 Å². The second-order valence-electron chi connectivity index (χ2n) is 4.17. The zero-order chi connectivity index (χ0) is 13.9. The standard InChI is InChI=1S/C11H19F3N4/c1-5-18(7-11(12,13)14)10-9(6-15-3)8(2)16-17(10)4/h15H,5-7H2,1-4H3. The van der Waals surface area contributed by atoms with Crippen LogP contribution in [0.25, 0.3) is 0 Å². The lowest BCUT2D eigenvalue weighted by molar-refractivity contribution is -0.119. The summed E-state index contributed by atoms with van der Waals surface area (Å²) in [5.74, 6) is 0.529. The monoisotopic (exact) mass is 264 g/mol. The third-order valence-electron chi connectivity index (χ3n) is 2.72. The van der Waals surface area contributed by atoms with E-state index in [0.717, 1.165) is 11.3 Å². The minimum atomic E-state index is -4.22. The highest BCUT2D eigenvalue weighted by Crippen LogP contribution is 2.26. The van der Waals surface area contributed by atoms with Gasteiger partial charge in [-0.2, -0.15) is 18.3 Å². The smallest absolute Gasteiger partial charge is 0.348 e. The van der Waals surface area contributed by atoms with Gasteiger partial charge in [0, 0.05) is 25.7 Å². The number of anilines is 1. The largest absolute Gasteiger partial charge is 0.405 e. The number of nitrogens with one attached hydrogen (secondary N) is 1. The molecule has 0 atom stereocenters. The number of aryl methyl sites for hydroxylation is 2. The molecule has 0 bridgehead atoms. The molecule has 0 spiro atoms. The summed E-state index contributed by atoms with van der Waals surface area (Å²) in [5.41, 5.74) is 1.56. The SMILES string of the molecule is CCN(CC(F)(F)F)c1c(CNC)c(C)nn1C. The molecular formula is C11H19F3N4. The molecule has 0 aliphatic carbocycles. The van der Waals surface area contributed by atoms with Gasteiger partial charge in [-0.1, -0.05) is 0 Å². The third-order valence-corrected chi connectivity index (χ3v) is 2.72. The van der Waals surface area contributed by atoms with Crippen LogP contribution in [0.5, 0.6) is 0 Å². The van der Waals surface area contributed by atoms with Crippen molar-refractivity contribution in [1.29, 1.82) is 0 Å². The Morgan fingerprint density at radius 3 is 2.44 bits per heavy atom. The van der Waals surface area contributed by atoms with Crippen LogP contribution >= 0.6 is 0 Å². The summed E-state index contributed by atoms with van der Waals surface area (Å²) in [4.78, 5) is 1.30. The first kappa shape index (κ1) is 14.8. The Bertz CT molecular complexity index is 398. The van der Waals surface area contributed by atoms with Crippen molar-refractivity contribution in [2.45, 2.75) is 26.6 Å². The van der Waals surface area contributed by atoms with Crippen molar-refractivity contribution >= 4 is 5.82 Å². The van der Waals surface area contributed by atoms with Crippen LogP contribution in [-0.2, 0) is 13.6 Å². The Morgan fingerprint density at radius 2 is 2.00 bits per heavy atom. The summed E-state index contributed by atoms with van der Waals surface area (Å²) < 4.78 is 39.2. The molecule has 0 fully saturated rings. The molecule has 0 saturated carbocycles. The first-order valence-corrected chi connectivity index (χ1v) is 5.79. The Labute approximate surface area is 105 Å². The van der Waals surface area contributed by atoms with Crippen LogP contribution in [0, 0.1) is 6.92 Å². The van der Waals surface area contributed by atoms with E-state index in [9.17, 15) is 13.2 Å². The molecule has 7 heteroatoms. The average molecular weight is 264 g/mol. The molecule has 1 aromatic heterocycles. The molecular weight excluding hydrogens is 245 g/mol. The summed E-state index contributed by atoms with van der Waals surface area (Å²) in [6.45, 7) is 3.34. The van der Waals surface area contributed by atoms with Crippen LogP contribution in [0.4, 0.5) is 19.0 Å². The lowest BCUT2D eigenvalue weighted by Crippen LogP contribution is -2.36. The van der Waals surface area contributed by atoms with Gasteiger partial charge in [0.15, 0.2) is 0 Å². The van der Waals surface area contributed by atoms with Crippen LogP contribution in [-0.4, -0.2) is 36.1 Å². The second-order valence-corrected chi connectivity index (χ2v) is 4.17. The van der Waals surface area contributed by atoms with Crippen molar-refractivity contribution in [3.8, 4) is 0 Å². The lowest BCUT2D eigenvalue weighted by atomic mass is 10.2. The third kappa shape index (κ3) is 3.38. The quantitative estimate of drug-likeness (QED) is 0.881. The van der Waals surface area contributed by atoms with E-state index >= 15 is 0 Å². The van der Waals surface area contributed by atoms with E-state index in [-0.39, 0.29) is 6.54 Å². The molecule has 18 heavy (non-hydrogen) atoms. The minimum Gasteiger partial charge on any atom is -0.348 e. The fourth-order valence-electron chi connectivity index (χ4n) is 2.02. The van der Waals surface area contributed by atoms with Gasteiger partial charge in [0.1, 0.15) is 12.4 Å². The normalized spacial score (nSPS) is 11.9. The summed E-state index contributed by atoms with van der Waals surface area (Å²) in [6, 6.07) is 0. The highest BCUT2D eigenvalue weighted by atomic mass is 19.4. The topological polar surface area (TPSA) is 33.1 Å². The molecule has 0 unspecified atom stereocenters. The summed E-state index contributed by atoms with van der Waals surface area (Å²) in [7, 11) is 3.43. The van der Waals surface area contributed by atoms with Crippen molar-refractivity contribution in [1.82, 2.24) is 15.1 Å². The van der Waals surface area contributed by atoms with Gasteiger partial charge in [0.05, 0.1) is 5.69 Å². The molecule has 0 aliphatic rings. The van der Waals surface area contributed by atoms with E-state index in [1.807, 2.05) is 0 Å². The van der Waals surface area contributed by atoms with Gasteiger partial charge in [-0.3, -0.25) is 4.68 Å². The molecule has 104 valence electrons. The maximum atomic E-state index is 12.5.